The highest BCUT2D eigenvalue weighted by Gasteiger charge is 2.43. The highest BCUT2D eigenvalue weighted by molar-refractivity contribution is 7.78. The number of aliphatic imine (C=N–C) groups is 1. The van der Waals surface area contributed by atoms with Gasteiger partial charge in [-0.3, -0.25) is 0 Å². The van der Waals surface area contributed by atoms with Gasteiger partial charge in [0.05, 0.1) is 23.7 Å². The van der Waals surface area contributed by atoms with Crippen molar-refractivity contribution >= 4 is 40.8 Å². The molecule has 1 aliphatic carbocycles. The first-order valence-corrected chi connectivity index (χ1v) is 8.73. The summed E-state index contributed by atoms with van der Waals surface area (Å²) in [5.41, 5.74) is 2.21. The third-order valence-corrected chi connectivity index (χ3v) is 4.68. The van der Waals surface area contributed by atoms with Gasteiger partial charge in [-0.15, -0.1) is 0 Å². The molecular formula is C18H16ClN3O3S. The predicted octanol–water partition coefficient (Wildman–Crippen LogP) is 4.56. The van der Waals surface area contributed by atoms with Crippen molar-refractivity contribution in [3.8, 4) is 16.9 Å². The van der Waals surface area contributed by atoms with Crippen molar-refractivity contribution in [3.63, 3.8) is 0 Å². The van der Waals surface area contributed by atoms with Crippen molar-refractivity contribution in [2.24, 2.45) is 10.4 Å². The Morgan fingerprint density at radius 2 is 2.15 bits per heavy atom. The van der Waals surface area contributed by atoms with Gasteiger partial charge in [-0.25, -0.2) is 9.78 Å². The van der Waals surface area contributed by atoms with Crippen LogP contribution in [0.5, 0.6) is 5.75 Å². The smallest absolute Gasteiger partial charge is 0.404 e. The van der Waals surface area contributed by atoms with Crippen molar-refractivity contribution in [1.29, 1.82) is 0 Å². The molecular weight excluding hydrogens is 374 g/mol. The van der Waals surface area contributed by atoms with E-state index in [9.17, 15) is 4.79 Å². The average molecular weight is 390 g/mol. The van der Waals surface area contributed by atoms with E-state index >= 15 is 0 Å². The van der Waals surface area contributed by atoms with E-state index in [4.69, 9.17) is 21.4 Å². The highest BCUT2D eigenvalue weighted by Crippen LogP contribution is 2.45. The Kier molecular flexibility index (Phi) is 5.52. The SMILES string of the molecule is O=C(O)NCC1(COc2cnc(Cl)c(-c3ccc(N=C=S)cc3)c2)CC1. The molecule has 2 aromatic rings. The van der Waals surface area contributed by atoms with Crippen molar-refractivity contribution in [1.82, 2.24) is 10.3 Å². The lowest BCUT2D eigenvalue weighted by Gasteiger charge is -2.16. The highest BCUT2D eigenvalue weighted by atomic mass is 35.5. The van der Waals surface area contributed by atoms with E-state index in [0.717, 1.165) is 24.0 Å². The summed E-state index contributed by atoms with van der Waals surface area (Å²) >= 11 is 10.8. The number of rotatable bonds is 7. The first-order chi connectivity index (χ1) is 12.5. The summed E-state index contributed by atoms with van der Waals surface area (Å²) in [5, 5.41) is 13.9. The summed E-state index contributed by atoms with van der Waals surface area (Å²) in [4.78, 5) is 18.8. The monoisotopic (exact) mass is 389 g/mol. The number of nitrogens with zero attached hydrogens (tertiary/aromatic N) is 2. The van der Waals surface area contributed by atoms with Crippen molar-refractivity contribution < 1.29 is 14.6 Å². The fraction of sp³-hybridized carbons (Fsp3) is 0.278. The molecule has 1 amide bonds. The zero-order chi connectivity index (χ0) is 18.6. The Labute approximate surface area is 160 Å². The maximum absolute atomic E-state index is 10.7. The Morgan fingerprint density at radius 1 is 1.42 bits per heavy atom. The quantitative estimate of drug-likeness (QED) is 0.412. The first kappa shape index (κ1) is 18.3. The van der Waals surface area contributed by atoms with Gasteiger partial charge >= 0.3 is 6.09 Å². The second-order valence-corrected chi connectivity index (χ2v) is 6.75. The standard InChI is InChI=1S/C18H16ClN3O3S/c19-16-15(12-1-3-13(4-2-12)22-11-26)7-14(8-20-16)25-10-18(5-6-18)9-21-17(23)24/h1-4,7-8,21H,5-6,9-10H2,(H,23,24). The topological polar surface area (TPSA) is 83.8 Å². The maximum Gasteiger partial charge on any atom is 0.404 e. The normalized spacial score (nSPS) is 14.2. The minimum atomic E-state index is -1.02. The molecule has 1 saturated carbocycles. The maximum atomic E-state index is 10.7. The van der Waals surface area contributed by atoms with E-state index in [-0.39, 0.29) is 5.41 Å². The summed E-state index contributed by atoms with van der Waals surface area (Å²) < 4.78 is 5.85. The van der Waals surface area contributed by atoms with E-state index in [1.165, 1.54) is 0 Å². The number of carboxylic acid groups (broad SMARTS) is 1. The van der Waals surface area contributed by atoms with Crippen LogP contribution in [0.4, 0.5) is 10.5 Å². The summed E-state index contributed by atoms with van der Waals surface area (Å²) in [7, 11) is 0. The number of ether oxygens (including phenoxy) is 1. The number of thiocarbonyl (C=S) groups is 1. The summed E-state index contributed by atoms with van der Waals surface area (Å²) in [6, 6.07) is 9.20. The molecule has 134 valence electrons. The lowest BCUT2D eigenvalue weighted by molar-refractivity contribution is 0.184. The van der Waals surface area contributed by atoms with Crippen molar-refractivity contribution in [2.45, 2.75) is 12.8 Å². The Hall–Kier alpha value is -2.47. The van der Waals surface area contributed by atoms with E-state index in [0.29, 0.717) is 29.7 Å². The van der Waals surface area contributed by atoms with Gasteiger partial charge in [0, 0.05) is 17.5 Å². The molecule has 0 aliphatic heterocycles. The summed E-state index contributed by atoms with van der Waals surface area (Å²) in [6.07, 6.45) is 2.41. The van der Waals surface area contributed by atoms with Crippen LogP contribution in [0.1, 0.15) is 12.8 Å². The largest absolute Gasteiger partial charge is 0.491 e. The molecule has 0 spiro atoms. The number of hydrogen-bond donors (Lipinski definition) is 2. The second-order valence-electron chi connectivity index (χ2n) is 6.21. The van der Waals surface area contributed by atoms with Crippen LogP contribution in [0.15, 0.2) is 41.5 Å². The molecule has 1 aromatic carbocycles. The average Bonchev–Trinajstić information content (AvgIpc) is 3.41. The Balaban J connectivity index is 1.71. The van der Waals surface area contributed by atoms with Gasteiger partial charge in [-0.2, -0.15) is 4.99 Å². The third kappa shape index (κ3) is 4.58. The summed E-state index contributed by atoms with van der Waals surface area (Å²) in [5.74, 6) is 0.590. The number of halogens is 1. The van der Waals surface area contributed by atoms with E-state index < -0.39 is 6.09 Å². The molecule has 0 bridgehead atoms. The Bertz CT molecular complexity index is 862. The van der Waals surface area contributed by atoms with E-state index in [1.54, 1.807) is 6.20 Å². The molecule has 1 heterocycles. The van der Waals surface area contributed by atoms with Gasteiger partial charge in [0.25, 0.3) is 0 Å². The number of carbonyl (C=O) groups is 1. The molecule has 0 saturated heterocycles. The minimum Gasteiger partial charge on any atom is -0.491 e. The molecule has 8 heteroatoms. The molecule has 0 atom stereocenters. The Morgan fingerprint density at radius 3 is 2.77 bits per heavy atom. The molecule has 0 radical (unpaired) electrons. The number of isothiocyanates is 1. The number of hydrogen-bond acceptors (Lipinski definition) is 5. The van der Waals surface area contributed by atoms with Crippen LogP contribution in [-0.2, 0) is 0 Å². The number of pyridine rings is 1. The van der Waals surface area contributed by atoms with Crippen LogP contribution in [0, 0.1) is 5.41 Å². The van der Waals surface area contributed by atoms with Crippen molar-refractivity contribution in [3.05, 3.63) is 41.7 Å². The lowest BCUT2D eigenvalue weighted by Crippen LogP contribution is -2.31. The number of benzene rings is 1. The van der Waals surface area contributed by atoms with Crippen molar-refractivity contribution in [2.75, 3.05) is 13.2 Å². The zero-order valence-corrected chi connectivity index (χ0v) is 15.3. The molecule has 1 fully saturated rings. The third-order valence-electron chi connectivity index (χ3n) is 4.28. The molecule has 0 unspecified atom stereocenters. The van der Waals surface area contributed by atoms with Crippen LogP contribution >= 0.6 is 23.8 Å². The first-order valence-electron chi connectivity index (χ1n) is 7.95. The van der Waals surface area contributed by atoms with Gasteiger partial charge in [0.15, 0.2) is 0 Å². The summed E-state index contributed by atoms with van der Waals surface area (Å²) in [6.45, 7) is 0.816. The van der Waals surface area contributed by atoms with Crippen LogP contribution in [-0.4, -0.2) is 34.5 Å². The number of aromatic nitrogens is 1. The number of amides is 1. The van der Waals surface area contributed by atoms with Gasteiger partial charge in [-0.1, -0.05) is 23.7 Å². The lowest BCUT2D eigenvalue weighted by atomic mass is 10.1. The van der Waals surface area contributed by atoms with Gasteiger partial charge in [0.2, 0.25) is 0 Å². The van der Waals surface area contributed by atoms with Crippen LogP contribution in [0.3, 0.4) is 0 Å². The molecule has 3 rings (SSSR count). The molecule has 6 nitrogen and oxygen atoms in total. The minimum absolute atomic E-state index is 0.126. The van der Waals surface area contributed by atoms with Gasteiger partial charge < -0.3 is 15.2 Å². The second kappa shape index (κ2) is 7.83. The fourth-order valence-corrected chi connectivity index (χ4v) is 2.84. The molecule has 1 aliphatic rings. The van der Waals surface area contributed by atoms with Gasteiger partial charge in [0.1, 0.15) is 10.9 Å². The van der Waals surface area contributed by atoms with E-state index in [1.807, 2.05) is 30.3 Å². The predicted molar refractivity (Wildman–Crippen MR) is 103 cm³/mol. The van der Waals surface area contributed by atoms with E-state index in [2.05, 4.69) is 32.7 Å². The molecule has 2 N–H and O–H groups in total. The fourth-order valence-electron chi connectivity index (χ4n) is 2.53. The molecule has 1 aromatic heterocycles. The number of nitrogens with one attached hydrogen (secondary N) is 1. The van der Waals surface area contributed by atoms with Gasteiger partial charge in [-0.05, 0) is 48.8 Å². The van der Waals surface area contributed by atoms with Crippen LogP contribution < -0.4 is 10.1 Å². The van der Waals surface area contributed by atoms with Crippen LogP contribution in [0.2, 0.25) is 5.15 Å². The molecule has 26 heavy (non-hydrogen) atoms. The zero-order valence-electron chi connectivity index (χ0n) is 13.7. The van der Waals surface area contributed by atoms with Crippen LogP contribution in [0.25, 0.3) is 11.1 Å².